The topological polar surface area (TPSA) is 142 Å². The maximum absolute atomic E-state index is 10.8. The maximum atomic E-state index is 10.8. The van der Waals surface area contributed by atoms with E-state index in [9.17, 15) is 10.2 Å². The molecule has 0 radical (unpaired) electrons. The predicted molar refractivity (Wildman–Crippen MR) is 189 cm³/mol. The van der Waals surface area contributed by atoms with E-state index in [-0.39, 0.29) is 19.8 Å². The second kappa shape index (κ2) is 18.2. The molecule has 13 heteroatoms. The van der Waals surface area contributed by atoms with Crippen LogP contribution in [0.1, 0.15) is 30.5 Å². The number of aliphatic hydroxyl groups is 2. The summed E-state index contributed by atoms with van der Waals surface area (Å²) in [6.45, 7) is 3.23. The molecule has 3 aliphatic heterocycles. The second-order valence-electron chi connectivity index (χ2n) is 13.5. The van der Waals surface area contributed by atoms with Crippen LogP contribution in [-0.4, -0.2) is 118 Å². The van der Waals surface area contributed by atoms with E-state index in [1.807, 2.05) is 91.0 Å². The van der Waals surface area contributed by atoms with Gasteiger partial charge in [0, 0.05) is 21.3 Å². The summed E-state index contributed by atoms with van der Waals surface area (Å²) in [5.74, 6) is -2.80. The Balaban J connectivity index is 1.36. The van der Waals surface area contributed by atoms with Crippen molar-refractivity contribution in [3.63, 3.8) is 0 Å². The van der Waals surface area contributed by atoms with Gasteiger partial charge in [0.1, 0.15) is 48.8 Å². The molecule has 0 saturated carbocycles. The van der Waals surface area contributed by atoms with Crippen molar-refractivity contribution in [1.82, 2.24) is 0 Å². The molecule has 53 heavy (non-hydrogen) atoms. The number of fused-ring (bicyclic) bond motifs is 1. The van der Waals surface area contributed by atoms with Crippen LogP contribution in [0.3, 0.4) is 0 Å². The lowest BCUT2D eigenvalue weighted by Gasteiger charge is -2.57. The minimum absolute atomic E-state index is 0.191. The predicted octanol–water partition coefficient (Wildman–Crippen LogP) is 3.72. The number of hydrogen-bond donors (Lipinski definition) is 2. The van der Waals surface area contributed by atoms with E-state index in [4.69, 9.17) is 52.1 Å². The average Bonchev–Trinajstić information content (AvgIpc) is 3.20. The molecule has 12 atom stereocenters. The van der Waals surface area contributed by atoms with Crippen molar-refractivity contribution in [1.29, 1.82) is 0 Å². The number of aliphatic hydroxyl groups excluding tert-OH is 2. The normalized spacial score (nSPS) is 35.8. The molecule has 1 unspecified atom stereocenters. The fourth-order valence-corrected chi connectivity index (χ4v) is 6.99. The molecule has 0 amide bonds. The summed E-state index contributed by atoms with van der Waals surface area (Å²) < 4.78 is 70.0. The summed E-state index contributed by atoms with van der Waals surface area (Å²) in [6.07, 6.45) is -9.26. The first-order chi connectivity index (χ1) is 25.8. The third kappa shape index (κ3) is 8.84. The van der Waals surface area contributed by atoms with Crippen LogP contribution < -0.4 is 0 Å². The smallest absolute Gasteiger partial charge is 0.220 e. The van der Waals surface area contributed by atoms with Crippen molar-refractivity contribution in [3.8, 4) is 0 Å². The van der Waals surface area contributed by atoms with Gasteiger partial charge in [-0.25, -0.2) is 0 Å². The summed E-state index contributed by atoms with van der Waals surface area (Å²) in [4.78, 5) is 0. The minimum atomic E-state index is -1.41. The van der Waals surface area contributed by atoms with Gasteiger partial charge in [-0.3, -0.25) is 0 Å². The molecule has 2 N–H and O–H groups in total. The van der Waals surface area contributed by atoms with E-state index in [0.29, 0.717) is 0 Å². The van der Waals surface area contributed by atoms with Gasteiger partial charge in [0.25, 0.3) is 0 Å². The summed E-state index contributed by atoms with van der Waals surface area (Å²) in [5.41, 5.74) is 2.79. The van der Waals surface area contributed by atoms with Crippen LogP contribution in [0.25, 0.3) is 0 Å². The highest BCUT2D eigenvalue weighted by atomic mass is 16.8. The van der Waals surface area contributed by atoms with Crippen LogP contribution in [-0.2, 0) is 71.9 Å². The number of rotatable bonds is 16. The SMILES string of the molecule is CO[C@H]1O[C@H](CO)[C@H]2O[C@@](C)(OC)[C@](C)(OC)O[C@@H]2[C@H]1OC1O[C@H](CO)[C@H](OCc2ccccc2)[C@H](OCc2ccccc2)[C@H]1OCc1ccccc1. The standard InChI is InChI=1S/C40H52O13/c1-39(44-4)40(2,45-5)53-34-32(52-39)30(22-42)49-37(43-3)36(34)51-38-35(48-25-28-19-13-8-14-20-28)33(47-24-27-17-11-7-12-18-27)31(29(21-41)50-38)46-23-26-15-9-6-10-16-26/h6-20,29-38,41-42H,21-25H2,1-5H3/t29-,30-,31+,32-,33+,34+,35-,36-,37+,38?,39-,40-/m1/s1. The van der Waals surface area contributed by atoms with Crippen molar-refractivity contribution < 1.29 is 62.3 Å². The molecule has 3 heterocycles. The van der Waals surface area contributed by atoms with E-state index in [0.717, 1.165) is 16.7 Å². The molecule has 0 aliphatic carbocycles. The van der Waals surface area contributed by atoms with E-state index in [2.05, 4.69) is 0 Å². The first kappa shape index (κ1) is 39.8. The largest absolute Gasteiger partial charge is 0.394 e. The zero-order valence-electron chi connectivity index (χ0n) is 30.9. The lowest BCUT2D eigenvalue weighted by molar-refractivity contribution is -0.486. The molecule has 3 aliphatic rings. The van der Waals surface area contributed by atoms with Gasteiger partial charge in [-0.15, -0.1) is 0 Å². The maximum Gasteiger partial charge on any atom is 0.220 e. The molecule has 0 bridgehead atoms. The van der Waals surface area contributed by atoms with Crippen LogP contribution in [0.5, 0.6) is 0 Å². The second-order valence-corrected chi connectivity index (χ2v) is 13.5. The fraction of sp³-hybridized carbons (Fsp3) is 0.550. The zero-order valence-corrected chi connectivity index (χ0v) is 30.9. The quantitative estimate of drug-likeness (QED) is 0.221. The van der Waals surface area contributed by atoms with Crippen LogP contribution in [0, 0.1) is 0 Å². The molecule has 0 aromatic heterocycles. The zero-order chi connectivity index (χ0) is 37.4. The summed E-state index contributed by atoms with van der Waals surface area (Å²) in [5, 5.41) is 21.2. The Labute approximate surface area is 310 Å². The Morgan fingerprint density at radius 2 is 0.962 bits per heavy atom. The van der Waals surface area contributed by atoms with Gasteiger partial charge in [-0.1, -0.05) is 91.0 Å². The highest BCUT2D eigenvalue weighted by molar-refractivity contribution is 5.16. The molecule has 3 saturated heterocycles. The van der Waals surface area contributed by atoms with Crippen molar-refractivity contribution in [2.45, 2.75) is 107 Å². The number of methoxy groups -OCH3 is 3. The minimum Gasteiger partial charge on any atom is -0.394 e. The summed E-state index contributed by atoms with van der Waals surface area (Å²) in [7, 11) is 4.44. The molecule has 6 rings (SSSR count). The fourth-order valence-electron chi connectivity index (χ4n) is 6.99. The Morgan fingerprint density at radius 3 is 1.42 bits per heavy atom. The highest BCUT2D eigenvalue weighted by Gasteiger charge is 2.63. The Kier molecular flexibility index (Phi) is 13.7. The highest BCUT2D eigenvalue weighted by Crippen LogP contribution is 2.45. The molecule has 3 fully saturated rings. The van der Waals surface area contributed by atoms with Crippen molar-refractivity contribution in [2.24, 2.45) is 0 Å². The van der Waals surface area contributed by atoms with Crippen LogP contribution >= 0.6 is 0 Å². The summed E-state index contributed by atoms with van der Waals surface area (Å²) in [6, 6.07) is 29.2. The Bertz CT molecular complexity index is 1520. The van der Waals surface area contributed by atoms with Crippen molar-refractivity contribution >= 4 is 0 Å². The molecule has 3 aromatic carbocycles. The van der Waals surface area contributed by atoms with Crippen LogP contribution in [0.4, 0.5) is 0 Å². The van der Waals surface area contributed by atoms with Gasteiger partial charge in [0.05, 0.1) is 33.0 Å². The molecular formula is C40H52O13. The lowest BCUT2D eigenvalue weighted by Crippen LogP contribution is -2.74. The average molecular weight is 741 g/mol. The van der Waals surface area contributed by atoms with E-state index in [1.54, 1.807) is 13.8 Å². The van der Waals surface area contributed by atoms with Gasteiger partial charge < -0.3 is 62.3 Å². The Morgan fingerprint density at radius 1 is 0.528 bits per heavy atom. The first-order valence-electron chi connectivity index (χ1n) is 17.9. The van der Waals surface area contributed by atoms with E-state index < -0.39 is 86.2 Å². The molecule has 13 nitrogen and oxygen atoms in total. The van der Waals surface area contributed by atoms with Gasteiger partial charge in [-0.2, -0.15) is 0 Å². The van der Waals surface area contributed by atoms with Crippen molar-refractivity contribution in [3.05, 3.63) is 108 Å². The number of ether oxygens (including phenoxy) is 11. The van der Waals surface area contributed by atoms with Gasteiger partial charge in [0.15, 0.2) is 12.6 Å². The Hall–Kier alpha value is -2.86. The summed E-state index contributed by atoms with van der Waals surface area (Å²) >= 11 is 0. The first-order valence-corrected chi connectivity index (χ1v) is 17.9. The van der Waals surface area contributed by atoms with Crippen LogP contribution in [0.15, 0.2) is 91.0 Å². The van der Waals surface area contributed by atoms with Gasteiger partial charge >= 0.3 is 0 Å². The van der Waals surface area contributed by atoms with Gasteiger partial charge in [-0.05, 0) is 30.5 Å². The van der Waals surface area contributed by atoms with Crippen molar-refractivity contribution in [2.75, 3.05) is 34.5 Å². The number of hydrogen-bond acceptors (Lipinski definition) is 13. The lowest BCUT2D eigenvalue weighted by atomic mass is 9.93. The molecule has 0 spiro atoms. The molecular weight excluding hydrogens is 688 g/mol. The van der Waals surface area contributed by atoms with Crippen LogP contribution in [0.2, 0.25) is 0 Å². The third-order valence-corrected chi connectivity index (χ3v) is 10.2. The third-order valence-electron chi connectivity index (χ3n) is 10.2. The molecule has 290 valence electrons. The van der Waals surface area contributed by atoms with E-state index >= 15 is 0 Å². The number of benzene rings is 3. The van der Waals surface area contributed by atoms with E-state index in [1.165, 1.54) is 21.3 Å². The molecule has 3 aromatic rings. The van der Waals surface area contributed by atoms with Gasteiger partial charge in [0.2, 0.25) is 11.6 Å². The monoisotopic (exact) mass is 740 g/mol.